The lowest BCUT2D eigenvalue weighted by molar-refractivity contribution is -0.0786. The highest BCUT2D eigenvalue weighted by molar-refractivity contribution is 5.05. The van der Waals surface area contributed by atoms with E-state index in [1.165, 1.54) is 0 Å². The molecule has 4 nitrogen and oxygen atoms in total. The van der Waals surface area contributed by atoms with Crippen LogP contribution in [0.2, 0.25) is 0 Å². The predicted octanol–water partition coefficient (Wildman–Crippen LogP) is 2.63. The molecule has 1 aromatic rings. The fourth-order valence-electron chi connectivity index (χ4n) is 3.28. The van der Waals surface area contributed by atoms with Gasteiger partial charge >= 0.3 is 0 Å². The predicted molar refractivity (Wildman–Crippen MR) is 80.4 cm³/mol. The van der Waals surface area contributed by atoms with Crippen molar-refractivity contribution in [3.05, 3.63) is 24.2 Å². The van der Waals surface area contributed by atoms with Crippen molar-refractivity contribution in [3.63, 3.8) is 0 Å². The molecule has 1 saturated heterocycles. The van der Waals surface area contributed by atoms with Crippen LogP contribution in [0.4, 0.5) is 0 Å². The molecule has 20 heavy (non-hydrogen) atoms. The zero-order chi connectivity index (χ0) is 15.0. The molecule has 2 heterocycles. The molecule has 2 N–H and O–H groups in total. The van der Waals surface area contributed by atoms with Crippen molar-refractivity contribution in [3.8, 4) is 0 Å². The Kier molecular flexibility index (Phi) is 4.28. The lowest BCUT2D eigenvalue weighted by atomic mass is 9.82. The topological polar surface area (TPSA) is 51.6 Å². The molecule has 0 spiro atoms. The molecule has 4 heteroatoms. The Balaban J connectivity index is 2.06. The molecule has 0 bridgehead atoms. The van der Waals surface area contributed by atoms with Gasteiger partial charge in [0.05, 0.1) is 24.0 Å². The SMILES string of the molecule is CCN(Cc1ccco1)CC1C(N)C(C)(C)OC1(C)C. The minimum absolute atomic E-state index is 0.0446. The third-order valence-corrected chi connectivity index (χ3v) is 4.52. The minimum atomic E-state index is -0.266. The van der Waals surface area contributed by atoms with Crippen LogP contribution in [0.5, 0.6) is 0 Å². The first-order chi connectivity index (χ1) is 9.26. The van der Waals surface area contributed by atoms with Gasteiger partial charge in [0, 0.05) is 18.5 Å². The monoisotopic (exact) mass is 280 g/mol. The molecule has 0 amide bonds. The number of nitrogens with two attached hydrogens (primary N) is 1. The van der Waals surface area contributed by atoms with Crippen molar-refractivity contribution < 1.29 is 9.15 Å². The number of hydrogen-bond acceptors (Lipinski definition) is 4. The molecular formula is C16H28N2O2. The second kappa shape index (κ2) is 5.51. The van der Waals surface area contributed by atoms with Crippen LogP contribution < -0.4 is 5.73 Å². The summed E-state index contributed by atoms with van der Waals surface area (Å²) >= 11 is 0. The van der Waals surface area contributed by atoms with Crippen LogP contribution in [0.3, 0.4) is 0 Å². The molecule has 2 atom stereocenters. The molecule has 1 fully saturated rings. The van der Waals surface area contributed by atoms with E-state index in [-0.39, 0.29) is 17.2 Å². The molecule has 1 aromatic heterocycles. The van der Waals surface area contributed by atoms with Gasteiger partial charge in [0.25, 0.3) is 0 Å². The van der Waals surface area contributed by atoms with Crippen molar-refractivity contribution in [2.75, 3.05) is 13.1 Å². The van der Waals surface area contributed by atoms with Crippen molar-refractivity contribution in [1.29, 1.82) is 0 Å². The normalized spacial score (nSPS) is 28.1. The number of ether oxygens (including phenoxy) is 1. The van der Waals surface area contributed by atoms with Gasteiger partial charge in [0.15, 0.2) is 0 Å². The first-order valence-corrected chi connectivity index (χ1v) is 7.47. The van der Waals surface area contributed by atoms with Crippen LogP contribution >= 0.6 is 0 Å². The molecule has 0 radical (unpaired) electrons. The summed E-state index contributed by atoms with van der Waals surface area (Å²) in [6.45, 7) is 13.4. The number of hydrogen-bond donors (Lipinski definition) is 1. The van der Waals surface area contributed by atoms with E-state index in [4.69, 9.17) is 14.9 Å². The third-order valence-electron chi connectivity index (χ3n) is 4.52. The van der Waals surface area contributed by atoms with Gasteiger partial charge in [0.2, 0.25) is 0 Å². The molecule has 1 aliphatic heterocycles. The summed E-state index contributed by atoms with van der Waals surface area (Å²) in [6.07, 6.45) is 1.72. The summed E-state index contributed by atoms with van der Waals surface area (Å²) in [5, 5.41) is 0. The average molecular weight is 280 g/mol. The van der Waals surface area contributed by atoms with E-state index in [1.54, 1.807) is 6.26 Å². The zero-order valence-corrected chi connectivity index (χ0v) is 13.3. The van der Waals surface area contributed by atoms with Gasteiger partial charge in [-0.05, 0) is 46.4 Å². The van der Waals surface area contributed by atoms with Crippen molar-refractivity contribution >= 4 is 0 Å². The maximum absolute atomic E-state index is 6.43. The van der Waals surface area contributed by atoms with Crippen molar-refractivity contribution in [1.82, 2.24) is 4.90 Å². The van der Waals surface area contributed by atoms with Crippen molar-refractivity contribution in [2.45, 2.75) is 58.4 Å². The minimum Gasteiger partial charge on any atom is -0.468 e. The highest BCUT2D eigenvalue weighted by atomic mass is 16.5. The summed E-state index contributed by atoms with van der Waals surface area (Å²) in [4.78, 5) is 2.37. The molecule has 0 aliphatic carbocycles. The van der Waals surface area contributed by atoms with Gasteiger partial charge in [-0.15, -0.1) is 0 Å². The van der Waals surface area contributed by atoms with Gasteiger partial charge in [-0.3, -0.25) is 4.90 Å². The second-order valence-electron chi connectivity index (χ2n) is 6.85. The first-order valence-electron chi connectivity index (χ1n) is 7.47. The maximum Gasteiger partial charge on any atom is 0.117 e. The third kappa shape index (κ3) is 3.08. The van der Waals surface area contributed by atoms with Gasteiger partial charge in [-0.25, -0.2) is 0 Å². The number of rotatable bonds is 5. The van der Waals surface area contributed by atoms with Crippen LogP contribution in [-0.4, -0.2) is 35.2 Å². The van der Waals surface area contributed by atoms with Crippen LogP contribution in [0.15, 0.2) is 22.8 Å². The van der Waals surface area contributed by atoms with Crippen molar-refractivity contribution in [2.24, 2.45) is 11.7 Å². The van der Waals surface area contributed by atoms with E-state index in [9.17, 15) is 0 Å². The van der Waals surface area contributed by atoms with Crippen LogP contribution in [-0.2, 0) is 11.3 Å². The number of nitrogens with zero attached hydrogens (tertiary/aromatic N) is 1. The van der Waals surface area contributed by atoms with E-state index in [1.807, 2.05) is 12.1 Å². The maximum atomic E-state index is 6.43. The van der Waals surface area contributed by atoms with E-state index in [0.717, 1.165) is 25.4 Å². The van der Waals surface area contributed by atoms with E-state index in [2.05, 4.69) is 39.5 Å². The van der Waals surface area contributed by atoms with E-state index < -0.39 is 0 Å². The Morgan fingerprint density at radius 3 is 2.40 bits per heavy atom. The Morgan fingerprint density at radius 2 is 1.95 bits per heavy atom. The Morgan fingerprint density at radius 1 is 1.25 bits per heavy atom. The van der Waals surface area contributed by atoms with Gasteiger partial charge in [-0.1, -0.05) is 6.92 Å². The highest BCUT2D eigenvalue weighted by Crippen LogP contribution is 2.41. The number of furan rings is 1. The summed E-state index contributed by atoms with van der Waals surface area (Å²) in [6, 6.07) is 3.99. The largest absolute Gasteiger partial charge is 0.468 e. The standard InChI is InChI=1S/C16H28N2O2/c1-6-18(10-12-8-7-9-19-12)11-13-14(17)16(4,5)20-15(13,2)3/h7-9,13-14H,6,10-11,17H2,1-5H3. The Hall–Kier alpha value is -0.840. The quantitative estimate of drug-likeness (QED) is 0.901. The second-order valence-corrected chi connectivity index (χ2v) is 6.85. The molecule has 1 aliphatic rings. The Bertz CT molecular complexity index is 426. The van der Waals surface area contributed by atoms with Gasteiger partial charge < -0.3 is 14.9 Å². The molecule has 2 unspecified atom stereocenters. The van der Waals surface area contributed by atoms with Crippen LogP contribution in [0, 0.1) is 5.92 Å². The summed E-state index contributed by atoms with van der Waals surface area (Å²) < 4.78 is 11.6. The van der Waals surface area contributed by atoms with E-state index >= 15 is 0 Å². The molecule has 2 rings (SSSR count). The molecular weight excluding hydrogens is 252 g/mol. The van der Waals surface area contributed by atoms with Crippen LogP contribution in [0.1, 0.15) is 40.4 Å². The molecule has 0 aromatic carbocycles. The first kappa shape index (κ1) is 15.5. The molecule has 0 saturated carbocycles. The zero-order valence-electron chi connectivity index (χ0n) is 13.3. The Labute approximate surface area is 122 Å². The molecule has 114 valence electrons. The summed E-state index contributed by atoms with van der Waals surface area (Å²) in [5.41, 5.74) is 5.97. The average Bonchev–Trinajstić information content (AvgIpc) is 2.88. The fraction of sp³-hybridized carbons (Fsp3) is 0.750. The highest BCUT2D eigenvalue weighted by Gasteiger charge is 2.52. The van der Waals surface area contributed by atoms with Crippen LogP contribution in [0.25, 0.3) is 0 Å². The van der Waals surface area contributed by atoms with Gasteiger partial charge in [0.1, 0.15) is 5.76 Å². The smallest absolute Gasteiger partial charge is 0.117 e. The van der Waals surface area contributed by atoms with E-state index in [0.29, 0.717) is 5.92 Å². The lowest BCUT2D eigenvalue weighted by Gasteiger charge is -2.32. The fourth-order valence-corrected chi connectivity index (χ4v) is 3.28. The summed E-state index contributed by atoms with van der Waals surface area (Å²) in [5.74, 6) is 1.31. The van der Waals surface area contributed by atoms with Gasteiger partial charge in [-0.2, -0.15) is 0 Å². The summed E-state index contributed by atoms with van der Waals surface area (Å²) in [7, 11) is 0. The lowest BCUT2D eigenvalue weighted by Crippen LogP contribution is -2.48.